The summed E-state index contributed by atoms with van der Waals surface area (Å²) in [5.74, 6) is -0.994. The van der Waals surface area contributed by atoms with Crippen LogP contribution in [-0.4, -0.2) is 11.6 Å². The molecule has 3 nitrogen and oxygen atoms in total. The van der Waals surface area contributed by atoms with Gasteiger partial charge in [-0.2, -0.15) is 0 Å². The molecule has 0 aromatic heterocycles. The van der Waals surface area contributed by atoms with E-state index < -0.39 is 11.6 Å². The SMILES string of the molecule is CC1=CC(N)=CC(=O)C1=O. The molecule has 0 saturated heterocycles. The standard InChI is InChI=1S/C7H7NO2/c1-4-2-5(8)3-6(9)7(4)10/h2-3H,8H2,1H3. The van der Waals surface area contributed by atoms with Gasteiger partial charge in [-0.05, 0) is 13.0 Å². The maximum atomic E-state index is 10.8. The number of hydrogen-bond acceptors (Lipinski definition) is 3. The van der Waals surface area contributed by atoms with Gasteiger partial charge < -0.3 is 5.73 Å². The summed E-state index contributed by atoms with van der Waals surface area (Å²) in [5.41, 5.74) is 6.05. The molecule has 10 heavy (non-hydrogen) atoms. The first kappa shape index (κ1) is 6.74. The van der Waals surface area contributed by atoms with Crippen molar-refractivity contribution in [3.63, 3.8) is 0 Å². The quantitative estimate of drug-likeness (QED) is 0.375. The van der Waals surface area contributed by atoms with E-state index in [9.17, 15) is 9.59 Å². The molecular formula is C7H7NO2. The molecule has 0 amide bonds. The van der Waals surface area contributed by atoms with E-state index in [4.69, 9.17) is 5.73 Å². The number of allylic oxidation sites excluding steroid dienone is 3. The zero-order valence-corrected chi connectivity index (χ0v) is 5.55. The first-order chi connectivity index (χ1) is 4.61. The number of rotatable bonds is 0. The van der Waals surface area contributed by atoms with Crippen molar-refractivity contribution >= 4 is 11.6 Å². The van der Waals surface area contributed by atoms with E-state index in [0.717, 1.165) is 6.08 Å². The Bertz CT molecular complexity index is 258. The Hall–Kier alpha value is -1.38. The largest absolute Gasteiger partial charge is 0.399 e. The van der Waals surface area contributed by atoms with Crippen LogP contribution in [0.2, 0.25) is 0 Å². The van der Waals surface area contributed by atoms with E-state index in [-0.39, 0.29) is 0 Å². The molecule has 0 spiro atoms. The van der Waals surface area contributed by atoms with Gasteiger partial charge in [0.05, 0.1) is 0 Å². The maximum absolute atomic E-state index is 10.8. The molecule has 0 aliphatic heterocycles. The summed E-state index contributed by atoms with van der Waals surface area (Å²) >= 11 is 0. The van der Waals surface area contributed by atoms with E-state index in [1.54, 1.807) is 6.92 Å². The van der Waals surface area contributed by atoms with Crippen molar-refractivity contribution < 1.29 is 9.59 Å². The Kier molecular flexibility index (Phi) is 1.41. The molecule has 0 heterocycles. The predicted molar refractivity (Wildman–Crippen MR) is 36.0 cm³/mol. The van der Waals surface area contributed by atoms with Crippen molar-refractivity contribution in [1.29, 1.82) is 0 Å². The molecular weight excluding hydrogens is 130 g/mol. The molecule has 1 aliphatic carbocycles. The van der Waals surface area contributed by atoms with Gasteiger partial charge in [0.25, 0.3) is 0 Å². The van der Waals surface area contributed by atoms with Gasteiger partial charge >= 0.3 is 0 Å². The van der Waals surface area contributed by atoms with E-state index in [0.29, 0.717) is 11.3 Å². The molecule has 1 aliphatic rings. The molecule has 0 saturated carbocycles. The van der Waals surface area contributed by atoms with Crippen LogP contribution >= 0.6 is 0 Å². The Morgan fingerprint density at radius 1 is 1.30 bits per heavy atom. The van der Waals surface area contributed by atoms with Crippen molar-refractivity contribution in [2.75, 3.05) is 0 Å². The van der Waals surface area contributed by atoms with Gasteiger partial charge in [-0.3, -0.25) is 9.59 Å². The van der Waals surface area contributed by atoms with Gasteiger partial charge in [-0.15, -0.1) is 0 Å². The molecule has 0 unspecified atom stereocenters. The molecule has 0 radical (unpaired) electrons. The minimum Gasteiger partial charge on any atom is -0.399 e. The highest BCUT2D eigenvalue weighted by molar-refractivity contribution is 6.48. The molecule has 0 fully saturated rings. The van der Waals surface area contributed by atoms with E-state index in [2.05, 4.69) is 0 Å². The lowest BCUT2D eigenvalue weighted by atomic mass is 10.0. The lowest BCUT2D eigenvalue weighted by molar-refractivity contribution is -0.131. The normalized spacial score (nSPS) is 18.5. The first-order valence-electron chi connectivity index (χ1n) is 2.85. The Labute approximate surface area is 58.2 Å². The number of carbonyl (C=O) groups is 2. The molecule has 0 bridgehead atoms. The molecule has 1 rings (SSSR count). The van der Waals surface area contributed by atoms with Crippen LogP contribution in [0.25, 0.3) is 0 Å². The van der Waals surface area contributed by atoms with Gasteiger partial charge in [-0.25, -0.2) is 0 Å². The Morgan fingerprint density at radius 2 is 1.90 bits per heavy atom. The number of hydrogen-bond donors (Lipinski definition) is 1. The van der Waals surface area contributed by atoms with Gasteiger partial charge in [0.15, 0.2) is 0 Å². The number of carbonyl (C=O) groups excluding carboxylic acids is 2. The highest BCUT2D eigenvalue weighted by Crippen LogP contribution is 2.06. The third-order valence-corrected chi connectivity index (χ3v) is 1.26. The van der Waals surface area contributed by atoms with Gasteiger partial charge in [-0.1, -0.05) is 0 Å². The monoisotopic (exact) mass is 137 g/mol. The lowest BCUT2D eigenvalue weighted by Crippen LogP contribution is -2.18. The predicted octanol–water partition coefficient (Wildman–Crippen LogP) is -0.0729. The summed E-state index contributed by atoms with van der Waals surface area (Å²) in [6.45, 7) is 1.57. The third-order valence-electron chi connectivity index (χ3n) is 1.26. The van der Waals surface area contributed by atoms with Crippen LogP contribution in [0.4, 0.5) is 0 Å². The summed E-state index contributed by atoms with van der Waals surface area (Å²) in [7, 11) is 0. The van der Waals surface area contributed by atoms with Crippen molar-refractivity contribution in [3.05, 3.63) is 23.4 Å². The molecule has 0 aromatic rings. The van der Waals surface area contributed by atoms with Crippen LogP contribution in [0.5, 0.6) is 0 Å². The molecule has 0 aromatic carbocycles. The zero-order chi connectivity index (χ0) is 7.72. The second-order valence-corrected chi connectivity index (χ2v) is 2.17. The first-order valence-corrected chi connectivity index (χ1v) is 2.85. The van der Waals surface area contributed by atoms with Gasteiger partial charge in [0.2, 0.25) is 11.6 Å². The Balaban J connectivity index is 3.07. The maximum Gasteiger partial charge on any atom is 0.228 e. The second-order valence-electron chi connectivity index (χ2n) is 2.17. The molecule has 0 atom stereocenters. The summed E-state index contributed by atoms with van der Waals surface area (Å²) in [6, 6.07) is 0. The zero-order valence-electron chi connectivity index (χ0n) is 5.55. The minimum absolute atomic E-state index is 0.349. The molecule has 2 N–H and O–H groups in total. The number of nitrogens with two attached hydrogens (primary N) is 1. The Morgan fingerprint density at radius 3 is 2.40 bits per heavy atom. The third kappa shape index (κ3) is 0.978. The highest BCUT2D eigenvalue weighted by atomic mass is 16.2. The van der Waals surface area contributed by atoms with Gasteiger partial charge in [0, 0.05) is 17.3 Å². The van der Waals surface area contributed by atoms with Crippen molar-refractivity contribution in [2.24, 2.45) is 5.73 Å². The average Bonchev–Trinajstić information content (AvgIpc) is 1.82. The van der Waals surface area contributed by atoms with E-state index in [1.165, 1.54) is 6.08 Å². The smallest absolute Gasteiger partial charge is 0.228 e. The van der Waals surface area contributed by atoms with Crippen LogP contribution in [-0.2, 0) is 9.59 Å². The molecule has 52 valence electrons. The second kappa shape index (κ2) is 2.10. The van der Waals surface area contributed by atoms with Crippen LogP contribution < -0.4 is 5.73 Å². The minimum atomic E-state index is -0.530. The van der Waals surface area contributed by atoms with Crippen molar-refractivity contribution in [3.8, 4) is 0 Å². The average molecular weight is 137 g/mol. The summed E-state index contributed by atoms with van der Waals surface area (Å²) in [5, 5.41) is 0. The fourth-order valence-corrected chi connectivity index (χ4v) is 0.768. The van der Waals surface area contributed by atoms with Crippen LogP contribution in [0, 0.1) is 0 Å². The van der Waals surface area contributed by atoms with Crippen LogP contribution in [0.3, 0.4) is 0 Å². The molecule has 3 heteroatoms. The fourth-order valence-electron chi connectivity index (χ4n) is 0.768. The summed E-state index contributed by atoms with van der Waals surface area (Å²) < 4.78 is 0. The van der Waals surface area contributed by atoms with Gasteiger partial charge in [0.1, 0.15) is 0 Å². The highest BCUT2D eigenvalue weighted by Gasteiger charge is 2.17. The number of Topliss-reactive ketones (excluding diaryl/α,β-unsaturated/α-hetero) is 1. The van der Waals surface area contributed by atoms with E-state index >= 15 is 0 Å². The number of ketones is 2. The lowest BCUT2D eigenvalue weighted by Gasteiger charge is -2.02. The summed E-state index contributed by atoms with van der Waals surface area (Å²) in [4.78, 5) is 21.4. The van der Waals surface area contributed by atoms with E-state index in [1.807, 2.05) is 0 Å². The van der Waals surface area contributed by atoms with Crippen LogP contribution in [0.15, 0.2) is 23.4 Å². The van der Waals surface area contributed by atoms with Crippen LogP contribution in [0.1, 0.15) is 6.92 Å². The van der Waals surface area contributed by atoms with Crippen molar-refractivity contribution in [2.45, 2.75) is 6.92 Å². The van der Waals surface area contributed by atoms with Crippen molar-refractivity contribution in [1.82, 2.24) is 0 Å². The topological polar surface area (TPSA) is 60.2 Å². The fraction of sp³-hybridized carbons (Fsp3) is 0.143. The summed E-state index contributed by atoms with van der Waals surface area (Å²) in [6.07, 6.45) is 2.62.